The zero-order valence-electron chi connectivity index (χ0n) is 6.46. The summed E-state index contributed by atoms with van der Waals surface area (Å²) < 4.78 is 0. The Morgan fingerprint density at radius 1 is 1.64 bits per heavy atom. The molecule has 0 aliphatic heterocycles. The Kier molecular flexibility index (Phi) is 2.15. The van der Waals surface area contributed by atoms with Gasteiger partial charge in [0.25, 0.3) is 0 Å². The number of amides is 1. The lowest BCUT2D eigenvalue weighted by atomic mass is 10.5. The van der Waals surface area contributed by atoms with E-state index < -0.39 is 0 Å². The van der Waals surface area contributed by atoms with Crippen LogP contribution >= 0.6 is 0 Å². The molecule has 0 spiro atoms. The minimum atomic E-state index is -0.122. The van der Waals surface area contributed by atoms with E-state index in [1.165, 1.54) is 6.92 Å². The highest BCUT2D eigenvalue weighted by Gasteiger charge is 1.95. The van der Waals surface area contributed by atoms with Crippen molar-refractivity contribution in [1.82, 2.24) is 9.97 Å². The molecule has 1 heterocycles. The summed E-state index contributed by atoms with van der Waals surface area (Å²) in [5, 5.41) is 2.56. The van der Waals surface area contributed by atoms with Gasteiger partial charge in [0.1, 0.15) is 11.6 Å². The molecule has 1 aromatic rings. The quantitative estimate of drug-likeness (QED) is 0.644. The molecule has 58 valence electrons. The average molecular weight is 151 g/mol. The zero-order chi connectivity index (χ0) is 8.27. The van der Waals surface area contributed by atoms with Crippen LogP contribution in [0.5, 0.6) is 0 Å². The Hall–Kier alpha value is -1.45. The number of anilines is 1. The lowest BCUT2D eigenvalue weighted by molar-refractivity contribution is -0.114. The first-order valence-corrected chi connectivity index (χ1v) is 3.26. The number of nitrogens with one attached hydrogen (secondary N) is 1. The van der Waals surface area contributed by atoms with Crippen LogP contribution in [0.4, 0.5) is 5.82 Å². The number of hydrogen-bond donors (Lipinski definition) is 1. The summed E-state index contributed by atoms with van der Waals surface area (Å²) in [5.41, 5.74) is 0. The van der Waals surface area contributed by atoms with Crippen LogP contribution in [0.25, 0.3) is 0 Å². The van der Waals surface area contributed by atoms with Crippen LogP contribution in [0.3, 0.4) is 0 Å². The van der Waals surface area contributed by atoms with Crippen LogP contribution in [0.2, 0.25) is 0 Å². The Morgan fingerprint density at radius 3 is 2.91 bits per heavy atom. The van der Waals surface area contributed by atoms with E-state index in [9.17, 15) is 4.79 Å². The van der Waals surface area contributed by atoms with Gasteiger partial charge in [0.15, 0.2) is 0 Å². The molecular formula is C7H9N3O. The topological polar surface area (TPSA) is 54.9 Å². The molecule has 0 atom stereocenters. The Labute approximate surface area is 64.7 Å². The predicted molar refractivity (Wildman–Crippen MR) is 41.1 cm³/mol. The fraction of sp³-hybridized carbons (Fsp3) is 0.286. The van der Waals surface area contributed by atoms with Gasteiger partial charge in [0, 0.05) is 13.1 Å². The van der Waals surface area contributed by atoms with E-state index >= 15 is 0 Å². The van der Waals surface area contributed by atoms with Gasteiger partial charge in [0.05, 0.1) is 0 Å². The summed E-state index contributed by atoms with van der Waals surface area (Å²) in [6, 6.07) is 1.65. The minimum Gasteiger partial charge on any atom is -0.311 e. The molecule has 1 N–H and O–H groups in total. The lowest BCUT2D eigenvalue weighted by Crippen LogP contribution is -2.07. The molecule has 0 aliphatic carbocycles. The average Bonchev–Trinajstić information content (AvgIpc) is 1.85. The van der Waals surface area contributed by atoms with Crippen molar-refractivity contribution >= 4 is 11.7 Å². The van der Waals surface area contributed by atoms with E-state index in [4.69, 9.17) is 0 Å². The van der Waals surface area contributed by atoms with Crippen LogP contribution in [0.1, 0.15) is 12.7 Å². The maximum Gasteiger partial charge on any atom is 0.222 e. The molecule has 0 unspecified atom stereocenters. The molecule has 4 nitrogen and oxygen atoms in total. The summed E-state index contributed by atoms with van der Waals surface area (Å²) in [6.45, 7) is 3.21. The SMILES string of the molecule is CC(=O)Nc1ccnc(C)n1. The number of aromatic nitrogens is 2. The second-order valence-corrected chi connectivity index (χ2v) is 2.17. The molecule has 0 aliphatic rings. The molecule has 1 aromatic heterocycles. The normalized spacial score (nSPS) is 9.27. The third kappa shape index (κ3) is 2.33. The molecule has 0 fully saturated rings. The van der Waals surface area contributed by atoms with E-state index in [0.717, 1.165) is 0 Å². The lowest BCUT2D eigenvalue weighted by Gasteiger charge is -1.99. The number of carbonyl (C=O) groups is 1. The molecule has 0 aromatic carbocycles. The first-order valence-electron chi connectivity index (χ1n) is 3.26. The van der Waals surface area contributed by atoms with Crippen molar-refractivity contribution in [2.45, 2.75) is 13.8 Å². The van der Waals surface area contributed by atoms with Gasteiger partial charge in [-0.2, -0.15) is 0 Å². The van der Waals surface area contributed by atoms with E-state index in [-0.39, 0.29) is 5.91 Å². The van der Waals surface area contributed by atoms with Crippen molar-refractivity contribution in [3.05, 3.63) is 18.1 Å². The van der Waals surface area contributed by atoms with Crippen molar-refractivity contribution in [3.63, 3.8) is 0 Å². The monoisotopic (exact) mass is 151 g/mol. The standard InChI is InChI=1S/C7H9N3O/c1-5-8-4-3-7(9-5)10-6(2)11/h3-4H,1-2H3,(H,8,9,10,11). The summed E-state index contributed by atoms with van der Waals surface area (Å²) in [4.78, 5) is 18.4. The van der Waals surface area contributed by atoms with Gasteiger partial charge in [-0.25, -0.2) is 9.97 Å². The number of carbonyl (C=O) groups excluding carboxylic acids is 1. The third-order valence-electron chi connectivity index (χ3n) is 1.08. The van der Waals surface area contributed by atoms with Crippen molar-refractivity contribution in [2.75, 3.05) is 5.32 Å². The molecule has 0 bridgehead atoms. The Bertz CT molecular complexity index is 272. The zero-order valence-corrected chi connectivity index (χ0v) is 6.46. The van der Waals surface area contributed by atoms with Gasteiger partial charge in [-0.15, -0.1) is 0 Å². The van der Waals surface area contributed by atoms with E-state index in [1.54, 1.807) is 19.2 Å². The second kappa shape index (κ2) is 3.09. The number of rotatable bonds is 1. The van der Waals surface area contributed by atoms with Gasteiger partial charge in [-0.05, 0) is 13.0 Å². The number of hydrogen-bond acceptors (Lipinski definition) is 3. The molecule has 1 amide bonds. The molecule has 11 heavy (non-hydrogen) atoms. The smallest absolute Gasteiger partial charge is 0.222 e. The minimum absolute atomic E-state index is 0.122. The summed E-state index contributed by atoms with van der Waals surface area (Å²) in [5.74, 6) is 1.07. The van der Waals surface area contributed by atoms with Crippen LogP contribution in [0.15, 0.2) is 12.3 Å². The molecule has 0 saturated carbocycles. The van der Waals surface area contributed by atoms with Gasteiger partial charge in [-0.1, -0.05) is 0 Å². The van der Waals surface area contributed by atoms with Crippen molar-refractivity contribution < 1.29 is 4.79 Å². The van der Waals surface area contributed by atoms with Gasteiger partial charge < -0.3 is 5.32 Å². The Morgan fingerprint density at radius 2 is 2.36 bits per heavy atom. The summed E-state index contributed by atoms with van der Waals surface area (Å²) >= 11 is 0. The highest BCUT2D eigenvalue weighted by atomic mass is 16.1. The van der Waals surface area contributed by atoms with E-state index in [1.807, 2.05) is 0 Å². The second-order valence-electron chi connectivity index (χ2n) is 2.17. The van der Waals surface area contributed by atoms with E-state index in [2.05, 4.69) is 15.3 Å². The fourth-order valence-corrected chi connectivity index (χ4v) is 0.706. The molecule has 0 saturated heterocycles. The summed E-state index contributed by atoms with van der Waals surface area (Å²) in [7, 11) is 0. The third-order valence-corrected chi connectivity index (χ3v) is 1.08. The number of aryl methyl sites for hydroxylation is 1. The fourth-order valence-electron chi connectivity index (χ4n) is 0.706. The first kappa shape index (κ1) is 7.65. The maximum atomic E-state index is 10.6. The van der Waals surface area contributed by atoms with Gasteiger partial charge >= 0.3 is 0 Å². The molecule has 0 radical (unpaired) electrons. The van der Waals surface area contributed by atoms with Crippen molar-refractivity contribution in [2.24, 2.45) is 0 Å². The summed E-state index contributed by atoms with van der Waals surface area (Å²) in [6.07, 6.45) is 1.60. The Balaban J connectivity index is 2.79. The van der Waals surface area contributed by atoms with Crippen LogP contribution in [-0.2, 0) is 4.79 Å². The molecule has 4 heteroatoms. The predicted octanol–water partition coefficient (Wildman–Crippen LogP) is 0.743. The van der Waals surface area contributed by atoms with Gasteiger partial charge in [0.2, 0.25) is 5.91 Å². The van der Waals surface area contributed by atoms with Crippen LogP contribution in [-0.4, -0.2) is 15.9 Å². The first-order chi connectivity index (χ1) is 5.18. The number of nitrogens with zero attached hydrogens (tertiary/aromatic N) is 2. The van der Waals surface area contributed by atoms with Gasteiger partial charge in [-0.3, -0.25) is 4.79 Å². The largest absolute Gasteiger partial charge is 0.311 e. The highest BCUT2D eigenvalue weighted by molar-refractivity contribution is 5.87. The van der Waals surface area contributed by atoms with Crippen molar-refractivity contribution in [3.8, 4) is 0 Å². The molecule has 1 rings (SSSR count). The van der Waals surface area contributed by atoms with Crippen LogP contribution in [0, 0.1) is 6.92 Å². The van der Waals surface area contributed by atoms with Crippen LogP contribution < -0.4 is 5.32 Å². The maximum absolute atomic E-state index is 10.6. The van der Waals surface area contributed by atoms with E-state index in [0.29, 0.717) is 11.6 Å². The molecular weight excluding hydrogens is 142 g/mol. The van der Waals surface area contributed by atoms with Crippen molar-refractivity contribution in [1.29, 1.82) is 0 Å². The highest BCUT2D eigenvalue weighted by Crippen LogP contribution is 1.99.